The van der Waals surface area contributed by atoms with Crippen molar-refractivity contribution in [3.05, 3.63) is 34.3 Å². The fourth-order valence-corrected chi connectivity index (χ4v) is 3.20. The van der Waals surface area contributed by atoms with Gasteiger partial charge in [-0.2, -0.15) is 0 Å². The smallest absolute Gasteiger partial charge is 0.220 e. The topological polar surface area (TPSA) is 59.8 Å². The van der Waals surface area contributed by atoms with Gasteiger partial charge in [0, 0.05) is 37.0 Å². The molecule has 0 aliphatic carbocycles. The summed E-state index contributed by atoms with van der Waals surface area (Å²) in [5.74, 6) is 1.25. The number of fused-ring (bicyclic) bond motifs is 1. The summed E-state index contributed by atoms with van der Waals surface area (Å²) in [7, 11) is 0. The zero-order chi connectivity index (χ0) is 13.9. The van der Waals surface area contributed by atoms with Gasteiger partial charge in [-0.05, 0) is 19.8 Å². The van der Waals surface area contributed by atoms with Gasteiger partial charge in [-0.1, -0.05) is 0 Å². The molecule has 0 spiro atoms. The Bertz CT molecular complexity index is 590. The van der Waals surface area contributed by atoms with Crippen LogP contribution in [0, 0.1) is 6.92 Å². The van der Waals surface area contributed by atoms with Crippen LogP contribution >= 0.6 is 11.3 Å². The van der Waals surface area contributed by atoms with E-state index in [1.54, 1.807) is 16.8 Å². The van der Waals surface area contributed by atoms with Crippen molar-refractivity contribution in [1.29, 1.82) is 0 Å². The third-order valence-corrected chi connectivity index (χ3v) is 4.21. The van der Waals surface area contributed by atoms with E-state index >= 15 is 0 Å². The summed E-state index contributed by atoms with van der Waals surface area (Å²) in [6.45, 7) is 2.84. The van der Waals surface area contributed by atoms with Crippen molar-refractivity contribution in [2.75, 3.05) is 0 Å². The molecule has 3 rings (SSSR count). The number of aryl methyl sites for hydroxylation is 3. The molecule has 1 amide bonds. The molecule has 2 aromatic rings. The monoisotopic (exact) mass is 290 g/mol. The summed E-state index contributed by atoms with van der Waals surface area (Å²) in [5.41, 5.74) is 3.86. The summed E-state index contributed by atoms with van der Waals surface area (Å²) >= 11 is 1.57. The minimum Gasteiger partial charge on any atom is -0.352 e. The van der Waals surface area contributed by atoms with Gasteiger partial charge in [0.2, 0.25) is 5.91 Å². The molecule has 0 unspecified atom stereocenters. The second-order valence-electron chi connectivity index (χ2n) is 5.23. The van der Waals surface area contributed by atoms with Crippen LogP contribution in [0.5, 0.6) is 0 Å². The van der Waals surface area contributed by atoms with Crippen molar-refractivity contribution in [1.82, 2.24) is 19.9 Å². The Morgan fingerprint density at radius 1 is 1.60 bits per heavy atom. The molecule has 1 aliphatic rings. The zero-order valence-electron chi connectivity index (χ0n) is 11.5. The number of nitrogens with one attached hydrogen (secondary N) is 1. The number of rotatable bonds is 4. The highest BCUT2D eigenvalue weighted by Crippen LogP contribution is 2.15. The maximum absolute atomic E-state index is 12.0. The van der Waals surface area contributed by atoms with Crippen molar-refractivity contribution < 1.29 is 4.79 Å². The number of hydrogen-bond acceptors (Lipinski definition) is 4. The van der Waals surface area contributed by atoms with E-state index in [0.29, 0.717) is 6.42 Å². The van der Waals surface area contributed by atoms with Crippen LogP contribution < -0.4 is 5.32 Å². The first-order valence-corrected chi connectivity index (χ1v) is 7.84. The fourth-order valence-electron chi connectivity index (χ4n) is 2.61. The third kappa shape index (κ3) is 3.07. The molecule has 1 N–H and O–H groups in total. The lowest BCUT2D eigenvalue weighted by Crippen LogP contribution is -2.40. The fraction of sp³-hybridized carbons (Fsp3) is 0.500. The Hall–Kier alpha value is -1.69. The Kier molecular flexibility index (Phi) is 3.82. The molecule has 0 saturated carbocycles. The van der Waals surface area contributed by atoms with Gasteiger partial charge in [-0.3, -0.25) is 4.79 Å². The van der Waals surface area contributed by atoms with E-state index in [9.17, 15) is 4.79 Å². The molecular weight excluding hydrogens is 272 g/mol. The molecule has 6 heteroatoms. The highest BCUT2D eigenvalue weighted by Gasteiger charge is 2.20. The van der Waals surface area contributed by atoms with Crippen LogP contribution in [0.15, 0.2) is 17.1 Å². The van der Waals surface area contributed by atoms with Crippen LogP contribution in [0.4, 0.5) is 0 Å². The molecule has 5 nitrogen and oxygen atoms in total. The number of carbonyl (C=O) groups excluding carboxylic acids is 1. The van der Waals surface area contributed by atoms with Crippen molar-refractivity contribution in [3.63, 3.8) is 0 Å². The Morgan fingerprint density at radius 3 is 3.30 bits per heavy atom. The molecular formula is C14H18N4OS. The maximum Gasteiger partial charge on any atom is 0.220 e. The summed E-state index contributed by atoms with van der Waals surface area (Å²) in [6.07, 6.45) is 5.19. The predicted octanol–water partition coefficient (Wildman–Crippen LogP) is 1.71. The first-order chi connectivity index (χ1) is 9.70. The summed E-state index contributed by atoms with van der Waals surface area (Å²) in [6, 6.07) is 0.221. The third-order valence-electron chi connectivity index (χ3n) is 3.57. The second kappa shape index (κ2) is 5.75. The van der Waals surface area contributed by atoms with Gasteiger partial charge < -0.3 is 9.88 Å². The number of hydrogen-bond donors (Lipinski definition) is 1. The second-order valence-corrected chi connectivity index (χ2v) is 5.95. The number of aromatic nitrogens is 3. The molecule has 0 bridgehead atoms. The van der Waals surface area contributed by atoms with Crippen LogP contribution in [0.3, 0.4) is 0 Å². The highest BCUT2D eigenvalue weighted by molar-refractivity contribution is 7.07. The molecule has 20 heavy (non-hydrogen) atoms. The van der Waals surface area contributed by atoms with Gasteiger partial charge >= 0.3 is 0 Å². The minimum atomic E-state index is 0.114. The first kappa shape index (κ1) is 13.3. The van der Waals surface area contributed by atoms with Crippen LogP contribution in [-0.4, -0.2) is 26.5 Å². The van der Waals surface area contributed by atoms with E-state index in [2.05, 4.69) is 26.0 Å². The van der Waals surface area contributed by atoms with Crippen LogP contribution in [-0.2, 0) is 24.2 Å². The number of nitrogens with zero attached hydrogens (tertiary/aromatic N) is 3. The van der Waals surface area contributed by atoms with Crippen molar-refractivity contribution in [3.8, 4) is 0 Å². The Balaban J connectivity index is 1.50. The first-order valence-electron chi connectivity index (χ1n) is 6.90. The van der Waals surface area contributed by atoms with E-state index < -0.39 is 0 Å². The van der Waals surface area contributed by atoms with Crippen LogP contribution in [0.1, 0.15) is 30.1 Å². The van der Waals surface area contributed by atoms with Crippen molar-refractivity contribution in [2.24, 2.45) is 0 Å². The summed E-state index contributed by atoms with van der Waals surface area (Å²) in [4.78, 5) is 20.6. The zero-order valence-corrected chi connectivity index (χ0v) is 12.3. The average Bonchev–Trinajstić information content (AvgIpc) is 3.04. The minimum absolute atomic E-state index is 0.114. The van der Waals surface area contributed by atoms with Gasteiger partial charge in [0.1, 0.15) is 5.82 Å². The maximum atomic E-state index is 12.0. The van der Waals surface area contributed by atoms with Gasteiger partial charge in [-0.25, -0.2) is 9.97 Å². The quantitative estimate of drug-likeness (QED) is 0.932. The Morgan fingerprint density at radius 2 is 2.50 bits per heavy atom. The van der Waals surface area contributed by atoms with E-state index in [1.807, 2.05) is 12.3 Å². The van der Waals surface area contributed by atoms with E-state index in [4.69, 9.17) is 0 Å². The summed E-state index contributed by atoms with van der Waals surface area (Å²) in [5, 5.41) is 5.11. The lowest BCUT2D eigenvalue weighted by molar-refractivity contribution is -0.122. The van der Waals surface area contributed by atoms with Crippen LogP contribution in [0.2, 0.25) is 0 Å². The van der Waals surface area contributed by atoms with Crippen LogP contribution in [0.25, 0.3) is 0 Å². The molecule has 106 valence electrons. The van der Waals surface area contributed by atoms with E-state index in [-0.39, 0.29) is 11.9 Å². The molecule has 1 aliphatic heterocycles. The molecule has 0 saturated heterocycles. The molecule has 2 aromatic heterocycles. The lowest BCUT2D eigenvalue weighted by Gasteiger charge is -2.24. The van der Waals surface area contributed by atoms with Crippen molar-refractivity contribution >= 4 is 17.2 Å². The molecule has 3 heterocycles. The van der Waals surface area contributed by atoms with E-state index in [0.717, 1.165) is 43.0 Å². The van der Waals surface area contributed by atoms with Gasteiger partial charge in [0.05, 0.1) is 16.9 Å². The number of imidazole rings is 1. The molecule has 0 fully saturated rings. The Labute approximate surface area is 122 Å². The largest absolute Gasteiger partial charge is 0.352 e. The standard InChI is InChI=1S/C14H18N4OS/c1-10-6-18-7-11(2-4-13(18)16-10)17-14(19)5-3-12-8-20-9-15-12/h6,8-9,11H,2-5,7H2,1H3,(H,17,19)/t11-/m0/s1. The summed E-state index contributed by atoms with van der Waals surface area (Å²) < 4.78 is 2.16. The number of thiazole rings is 1. The van der Waals surface area contributed by atoms with E-state index in [1.165, 1.54) is 0 Å². The van der Waals surface area contributed by atoms with Gasteiger partial charge in [-0.15, -0.1) is 11.3 Å². The molecule has 1 atom stereocenters. The van der Waals surface area contributed by atoms with Crippen molar-refractivity contribution in [2.45, 2.75) is 45.2 Å². The highest BCUT2D eigenvalue weighted by atomic mass is 32.1. The van der Waals surface area contributed by atoms with Gasteiger partial charge in [0.15, 0.2) is 0 Å². The molecule has 0 aromatic carbocycles. The predicted molar refractivity (Wildman–Crippen MR) is 77.7 cm³/mol. The number of amides is 1. The lowest BCUT2D eigenvalue weighted by atomic mass is 10.1. The normalized spacial score (nSPS) is 17.8. The number of carbonyl (C=O) groups is 1. The molecule has 0 radical (unpaired) electrons. The van der Waals surface area contributed by atoms with Gasteiger partial charge in [0.25, 0.3) is 0 Å². The SMILES string of the molecule is Cc1cn2c(n1)CC[C@H](NC(=O)CCc1cscn1)C2. The average molecular weight is 290 g/mol.